The van der Waals surface area contributed by atoms with Gasteiger partial charge in [0.2, 0.25) is 5.91 Å². The molecule has 4 rings (SSSR count). The van der Waals surface area contributed by atoms with Gasteiger partial charge in [0.1, 0.15) is 11.4 Å². The highest BCUT2D eigenvalue weighted by Gasteiger charge is 2.36. The second kappa shape index (κ2) is 7.06. The highest BCUT2D eigenvalue weighted by atomic mass is 16.8. The van der Waals surface area contributed by atoms with E-state index in [0.29, 0.717) is 32.5 Å². The van der Waals surface area contributed by atoms with Crippen LogP contribution in [0.4, 0.5) is 5.69 Å². The molecule has 28 heavy (non-hydrogen) atoms. The molecule has 0 aromatic carbocycles. The van der Waals surface area contributed by atoms with Gasteiger partial charge in [-0.1, -0.05) is 5.16 Å². The van der Waals surface area contributed by atoms with Crippen LogP contribution >= 0.6 is 0 Å². The molecule has 0 radical (unpaired) electrons. The van der Waals surface area contributed by atoms with Gasteiger partial charge in [0.25, 0.3) is 5.56 Å². The van der Waals surface area contributed by atoms with Gasteiger partial charge in [-0.15, -0.1) is 0 Å². The number of hydrogen-bond donors (Lipinski definition) is 1. The van der Waals surface area contributed by atoms with Gasteiger partial charge in [0, 0.05) is 43.2 Å². The first-order chi connectivity index (χ1) is 13.3. The quantitative estimate of drug-likeness (QED) is 0.794. The largest absolute Gasteiger partial charge is 0.733 e. The number of amides is 1. The Morgan fingerprint density at radius 2 is 2.14 bits per heavy atom. The van der Waals surface area contributed by atoms with E-state index in [9.17, 15) is 14.8 Å². The summed E-state index contributed by atoms with van der Waals surface area (Å²) in [4.78, 5) is 27.1. The highest BCUT2D eigenvalue weighted by molar-refractivity contribution is 5.76. The second-order valence-electron chi connectivity index (χ2n) is 7.73. The van der Waals surface area contributed by atoms with Crippen LogP contribution in [0.25, 0.3) is 0 Å². The third-order valence-electron chi connectivity index (χ3n) is 5.91. The van der Waals surface area contributed by atoms with Gasteiger partial charge in [-0.2, -0.15) is 0 Å². The molecule has 2 aliphatic heterocycles. The molecular weight excluding hydrogens is 364 g/mol. The predicted octanol–water partition coefficient (Wildman–Crippen LogP) is 1.73. The normalized spacial score (nSPS) is 20.8. The maximum absolute atomic E-state index is 12.8. The van der Waals surface area contributed by atoms with Crippen molar-refractivity contribution in [3.8, 4) is 0 Å². The number of carbonyl (C=O) groups excluding carboxylic acids is 1. The molecule has 150 valence electrons. The lowest BCUT2D eigenvalue weighted by molar-refractivity contribution is -0.133. The topological polar surface area (TPSA) is 115 Å². The first-order valence-corrected chi connectivity index (χ1v) is 9.44. The van der Waals surface area contributed by atoms with Gasteiger partial charge < -0.3 is 24.4 Å². The molecule has 1 N–H and O–H groups in total. The highest BCUT2D eigenvalue weighted by Crippen LogP contribution is 2.36. The monoisotopic (exact) mass is 387 g/mol. The Morgan fingerprint density at radius 1 is 1.36 bits per heavy atom. The molecule has 1 fully saturated rings. The van der Waals surface area contributed by atoms with Crippen molar-refractivity contribution in [3.63, 3.8) is 0 Å². The predicted molar refractivity (Wildman–Crippen MR) is 100 cm³/mol. The summed E-state index contributed by atoms with van der Waals surface area (Å²) in [6.07, 6.45) is 1.90. The Kier molecular flexibility index (Phi) is 4.72. The van der Waals surface area contributed by atoms with Gasteiger partial charge in [0.15, 0.2) is 0 Å². The Morgan fingerprint density at radius 3 is 2.82 bits per heavy atom. The summed E-state index contributed by atoms with van der Waals surface area (Å²) in [5, 5.41) is 23.8. The minimum atomic E-state index is -0.483. The first kappa shape index (κ1) is 18.7. The van der Waals surface area contributed by atoms with E-state index in [1.54, 1.807) is 10.6 Å². The standard InChI is InChI=1S/C19H23N4O5/c1-11-15(12(2)28-20-11)3-6-18(24)21-8-13-7-14(10-21)16-4-5-17(23(26)27)19(25)22(16)9-13/h4-5,13-14,26H,3,6-10H2,1-2H3/q-1/t13-,14?/m0/s1. The lowest BCUT2D eigenvalue weighted by atomic mass is 9.83. The summed E-state index contributed by atoms with van der Waals surface area (Å²) in [6, 6.07) is 3.05. The molecule has 2 bridgehead atoms. The van der Waals surface area contributed by atoms with Crippen LogP contribution in [0.2, 0.25) is 0 Å². The summed E-state index contributed by atoms with van der Waals surface area (Å²) in [7, 11) is 0. The van der Waals surface area contributed by atoms with E-state index in [2.05, 4.69) is 5.16 Å². The number of fused-ring (bicyclic) bond motifs is 4. The van der Waals surface area contributed by atoms with Crippen LogP contribution in [-0.2, 0) is 17.8 Å². The van der Waals surface area contributed by atoms with Crippen molar-refractivity contribution in [2.45, 2.75) is 45.6 Å². The zero-order valence-electron chi connectivity index (χ0n) is 15.9. The number of likely N-dealkylation sites (tertiary alicyclic amines) is 1. The molecule has 9 nitrogen and oxygen atoms in total. The first-order valence-electron chi connectivity index (χ1n) is 9.44. The summed E-state index contributed by atoms with van der Waals surface area (Å²) >= 11 is 0. The Labute approximate surface area is 161 Å². The van der Waals surface area contributed by atoms with E-state index < -0.39 is 5.56 Å². The molecular formula is C19H23N4O5-. The number of rotatable bonds is 4. The van der Waals surface area contributed by atoms with Crippen LogP contribution in [0.5, 0.6) is 0 Å². The average molecular weight is 387 g/mol. The molecule has 1 unspecified atom stereocenters. The Hall–Kier alpha value is -2.65. The number of anilines is 1. The van der Waals surface area contributed by atoms with E-state index in [1.807, 2.05) is 18.7 Å². The average Bonchev–Trinajstić information content (AvgIpc) is 2.98. The third kappa shape index (κ3) is 3.20. The summed E-state index contributed by atoms with van der Waals surface area (Å²) in [5.74, 6) is 1.04. The van der Waals surface area contributed by atoms with Crippen LogP contribution < -0.4 is 10.8 Å². The summed E-state index contributed by atoms with van der Waals surface area (Å²) < 4.78 is 6.73. The van der Waals surface area contributed by atoms with Crippen molar-refractivity contribution in [1.29, 1.82) is 0 Å². The van der Waals surface area contributed by atoms with Crippen molar-refractivity contribution in [1.82, 2.24) is 14.6 Å². The Bertz CT molecular complexity index is 944. The van der Waals surface area contributed by atoms with Gasteiger partial charge in [-0.25, -0.2) is 0 Å². The number of carbonyl (C=O) groups is 1. The third-order valence-corrected chi connectivity index (χ3v) is 5.91. The number of aryl methyl sites for hydroxylation is 2. The lowest BCUT2D eigenvalue weighted by Crippen LogP contribution is -2.49. The van der Waals surface area contributed by atoms with Crippen LogP contribution in [-0.4, -0.2) is 38.8 Å². The van der Waals surface area contributed by atoms with Crippen LogP contribution in [0.15, 0.2) is 21.5 Å². The number of aromatic nitrogens is 2. The molecule has 1 saturated heterocycles. The van der Waals surface area contributed by atoms with Crippen molar-refractivity contribution >= 4 is 11.6 Å². The smallest absolute Gasteiger partial charge is 0.275 e. The zero-order valence-corrected chi connectivity index (χ0v) is 15.9. The van der Waals surface area contributed by atoms with E-state index in [4.69, 9.17) is 9.73 Å². The molecule has 1 amide bonds. The maximum atomic E-state index is 12.8. The van der Waals surface area contributed by atoms with Gasteiger partial charge in [0.05, 0.1) is 5.69 Å². The molecule has 0 spiro atoms. The van der Waals surface area contributed by atoms with Crippen LogP contribution in [0.3, 0.4) is 0 Å². The number of hydrogen-bond acceptors (Lipinski definition) is 7. The van der Waals surface area contributed by atoms with Crippen LogP contribution in [0, 0.1) is 25.0 Å². The summed E-state index contributed by atoms with van der Waals surface area (Å²) in [5.41, 5.74) is 1.86. The fraction of sp³-hybridized carbons (Fsp3) is 0.526. The van der Waals surface area contributed by atoms with E-state index in [-0.39, 0.29) is 28.7 Å². The second-order valence-corrected chi connectivity index (χ2v) is 7.73. The van der Waals surface area contributed by atoms with Crippen LogP contribution in [0.1, 0.15) is 41.5 Å². The maximum Gasteiger partial charge on any atom is 0.275 e. The van der Waals surface area contributed by atoms with Crippen molar-refractivity contribution in [3.05, 3.63) is 50.4 Å². The van der Waals surface area contributed by atoms with Gasteiger partial charge in [-0.3, -0.25) is 14.8 Å². The SMILES string of the molecule is Cc1noc(C)c1CCC(=O)N1CC2C[C@@H](C1)Cn1c2ccc(N([O-])O)c1=O. The number of nitrogens with zero attached hydrogens (tertiary/aromatic N) is 4. The number of pyridine rings is 1. The fourth-order valence-corrected chi connectivity index (χ4v) is 4.53. The van der Waals surface area contributed by atoms with Gasteiger partial charge in [-0.05, 0) is 44.7 Å². The molecule has 9 heteroatoms. The minimum Gasteiger partial charge on any atom is -0.733 e. The molecule has 0 saturated carbocycles. The molecule has 2 aromatic rings. The minimum absolute atomic E-state index is 0.0519. The van der Waals surface area contributed by atoms with E-state index >= 15 is 0 Å². The summed E-state index contributed by atoms with van der Waals surface area (Å²) in [6.45, 7) is 5.31. The van der Waals surface area contributed by atoms with Crippen molar-refractivity contribution < 1.29 is 14.5 Å². The molecule has 4 heterocycles. The Balaban J connectivity index is 1.49. The molecule has 2 aromatic heterocycles. The van der Waals surface area contributed by atoms with Gasteiger partial charge >= 0.3 is 0 Å². The molecule has 2 atom stereocenters. The molecule has 2 aliphatic rings. The van der Waals surface area contributed by atoms with E-state index in [1.165, 1.54) is 6.07 Å². The zero-order chi connectivity index (χ0) is 20.0. The molecule has 0 aliphatic carbocycles. The fourth-order valence-electron chi connectivity index (χ4n) is 4.53. The van der Waals surface area contributed by atoms with Crippen molar-refractivity contribution in [2.75, 3.05) is 18.3 Å². The van der Waals surface area contributed by atoms with Crippen molar-refractivity contribution in [2.24, 2.45) is 5.92 Å². The lowest BCUT2D eigenvalue weighted by Gasteiger charge is -2.43. The number of piperidine rings is 1. The van der Waals surface area contributed by atoms with E-state index in [0.717, 1.165) is 29.1 Å².